The molecule has 0 atom stereocenters. The minimum absolute atomic E-state index is 0.107. The van der Waals surface area contributed by atoms with Crippen LogP contribution in [0, 0.1) is 0 Å². The molecule has 0 spiro atoms. The lowest BCUT2D eigenvalue weighted by Crippen LogP contribution is -2.41. The quantitative estimate of drug-likeness (QED) is 0.558. The van der Waals surface area contributed by atoms with Crippen molar-refractivity contribution in [3.63, 3.8) is 0 Å². The van der Waals surface area contributed by atoms with Gasteiger partial charge in [0.25, 0.3) is 5.91 Å². The molecule has 4 rings (SSSR count). The number of nitrogens with two attached hydrogens (primary N) is 1. The van der Waals surface area contributed by atoms with Gasteiger partial charge >= 0.3 is 0 Å². The number of nitrogens with zero attached hydrogens (tertiary/aromatic N) is 3. The summed E-state index contributed by atoms with van der Waals surface area (Å²) in [5.74, 6) is 0.994. The van der Waals surface area contributed by atoms with Crippen molar-refractivity contribution in [2.75, 3.05) is 31.5 Å². The van der Waals surface area contributed by atoms with Crippen molar-refractivity contribution in [2.45, 2.75) is 71.9 Å². The number of pyridine rings is 1. The first-order valence-corrected chi connectivity index (χ1v) is 13.1. The Morgan fingerprint density at radius 2 is 1.83 bits per heavy atom. The molecule has 2 aliphatic rings. The Morgan fingerprint density at radius 1 is 1.11 bits per heavy atom. The van der Waals surface area contributed by atoms with Gasteiger partial charge in [0.05, 0.1) is 0 Å². The van der Waals surface area contributed by atoms with Crippen molar-refractivity contribution < 1.29 is 9.59 Å². The van der Waals surface area contributed by atoms with Gasteiger partial charge in [-0.15, -0.1) is 0 Å². The van der Waals surface area contributed by atoms with Crippen molar-refractivity contribution in [2.24, 2.45) is 5.73 Å². The van der Waals surface area contributed by atoms with Crippen LogP contribution in [0.5, 0.6) is 0 Å². The number of likely N-dealkylation sites (tertiary alicyclic amines) is 1. The van der Waals surface area contributed by atoms with Gasteiger partial charge in [-0.3, -0.25) is 9.59 Å². The Bertz CT molecular complexity index is 985. The number of piperidine rings is 1. The van der Waals surface area contributed by atoms with E-state index in [1.54, 1.807) is 6.92 Å². The molecule has 7 heteroatoms. The predicted octanol–water partition coefficient (Wildman–Crippen LogP) is 4.01. The number of benzene rings is 1. The van der Waals surface area contributed by atoms with Crippen LogP contribution in [0.4, 0.5) is 5.82 Å². The first kappa shape index (κ1) is 26.7. The Hall–Kier alpha value is -2.93. The summed E-state index contributed by atoms with van der Waals surface area (Å²) < 4.78 is 0. The van der Waals surface area contributed by atoms with E-state index in [4.69, 9.17) is 5.73 Å². The highest BCUT2D eigenvalue weighted by Gasteiger charge is 2.26. The highest BCUT2D eigenvalue weighted by molar-refractivity contribution is 5.97. The summed E-state index contributed by atoms with van der Waals surface area (Å²) in [7, 11) is 0. The number of nitrogens with one attached hydrogen (secondary N) is 1. The molecule has 35 heavy (non-hydrogen) atoms. The van der Waals surface area contributed by atoms with Crippen LogP contribution in [-0.2, 0) is 24.2 Å². The van der Waals surface area contributed by atoms with Crippen LogP contribution in [0.15, 0.2) is 36.5 Å². The summed E-state index contributed by atoms with van der Waals surface area (Å²) >= 11 is 0. The number of aromatic nitrogens is 1. The minimum atomic E-state index is 0.107. The molecule has 1 fully saturated rings. The van der Waals surface area contributed by atoms with Crippen LogP contribution in [0.2, 0.25) is 0 Å². The first-order valence-electron chi connectivity index (χ1n) is 13.1. The molecule has 0 radical (unpaired) electrons. The van der Waals surface area contributed by atoms with Crippen LogP contribution in [0.1, 0.15) is 73.5 Å². The van der Waals surface area contributed by atoms with Crippen molar-refractivity contribution in [1.29, 1.82) is 0 Å². The van der Waals surface area contributed by atoms with E-state index in [-0.39, 0.29) is 17.9 Å². The second-order valence-corrected chi connectivity index (χ2v) is 9.12. The summed E-state index contributed by atoms with van der Waals surface area (Å²) in [6, 6.07) is 10.5. The van der Waals surface area contributed by atoms with Crippen LogP contribution in [0.3, 0.4) is 0 Å². The van der Waals surface area contributed by atoms with E-state index in [0.29, 0.717) is 6.54 Å². The van der Waals surface area contributed by atoms with Gasteiger partial charge in [-0.2, -0.15) is 0 Å². The monoisotopic (exact) mass is 479 g/mol. The highest BCUT2D eigenvalue weighted by atomic mass is 16.2. The fourth-order valence-electron chi connectivity index (χ4n) is 4.87. The van der Waals surface area contributed by atoms with Gasteiger partial charge < -0.3 is 20.9 Å². The summed E-state index contributed by atoms with van der Waals surface area (Å²) in [5.41, 5.74) is 10.2. The molecule has 2 aliphatic heterocycles. The van der Waals surface area contributed by atoms with Gasteiger partial charge in [0, 0.05) is 57.4 Å². The SMILES string of the molecule is CC.CC(=O)N1CCC(Nc2cc3c(cn2)CCN(CCCCc2ccccc2CN)C3=O)CC1. The Labute approximate surface area is 210 Å². The topological polar surface area (TPSA) is 91.6 Å². The third kappa shape index (κ3) is 7.04. The van der Waals surface area contributed by atoms with Crippen LogP contribution < -0.4 is 11.1 Å². The third-order valence-electron chi connectivity index (χ3n) is 6.91. The van der Waals surface area contributed by atoms with Gasteiger partial charge in [-0.1, -0.05) is 38.1 Å². The summed E-state index contributed by atoms with van der Waals surface area (Å²) in [6.07, 6.45) is 7.49. The number of anilines is 1. The van der Waals surface area contributed by atoms with Gasteiger partial charge in [-0.25, -0.2) is 4.98 Å². The lowest BCUT2D eigenvalue weighted by molar-refractivity contribution is -0.129. The highest BCUT2D eigenvalue weighted by Crippen LogP contribution is 2.23. The zero-order valence-electron chi connectivity index (χ0n) is 21.6. The molecule has 190 valence electrons. The van der Waals surface area contributed by atoms with Gasteiger partial charge in [-0.05, 0) is 61.3 Å². The Balaban J connectivity index is 0.00000167. The fraction of sp³-hybridized carbons (Fsp3) is 0.536. The number of amides is 2. The summed E-state index contributed by atoms with van der Waals surface area (Å²) in [4.78, 5) is 33.1. The number of carbonyl (C=O) groups is 2. The first-order chi connectivity index (χ1) is 17.0. The van der Waals surface area contributed by atoms with E-state index in [0.717, 1.165) is 81.6 Å². The Kier molecular flexibility index (Phi) is 10.1. The maximum atomic E-state index is 13.2. The van der Waals surface area contributed by atoms with Crippen LogP contribution in [-0.4, -0.2) is 58.8 Å². The fourth-order valence-corrected chi connectivity index (χ4v) is 4.87. The molecule has 0 unspecified atom stereocenters. The van der Waals surface area contributed by atoms with Crippen molar-refractivity contribution >= 4 is 17.6 Å². The van der Waals surface area contributed by atoms with Gasteiger partial charge in [0.15, 0.2) is 0 Å². The van der Waals surface area contributed by atoms with E-state index in [2.05, 4.69) is 28.5 Å². The number of carbonyl (C=O) groups excluding carboxylic acids is 2. The number of hydrogen-bond donors (Lipinski definition) is 2. The van der Waals surface area contributed by atoms with E-state index >= 15 is 0 Å². The summed E-state index contributed by atoms with van der Waals surface area (Å²) in [6.45, 7) is 9.24. The number of hydrogen-bond acceptors (Lipinski definition) is 5. The molecule has 0 bridgehead atoms. The maximum Gasteiger partial charge on any atom is 0.254 e. The molecule has 0 saturated carbocycles. The number of fused-ring (bicyclic) bond motifs is 1. The second-order valence-electron chi connectivity index (χ2n) is 9.12. The maximum absolute atomic E-state index is 13.2. The molecule has 2 aromatic rings. The zero-order valence-corrected chi connectivity index (χ0v) is 21.6. The largest absolute Gasteiger partial charge is 0.367 e. The second kappa shape index (κ2) is 13.2. The molecule has 3 heterocycles. The molecular formula is C28H41N5O2. The standard InChI is InChI=1S/C26H35N5O2.C2H6/c1-19(32)30-14-10-23(11-15-30)29-25-16-24-22(18-28-25)9-13-31(26(24)33)12-5-4-7-20-6-2-3-8-21(20)17-27;1-2/h2-3,6,8,16,18,23H,4-5,7,9-15,17,27H2,1H3,(H,28,29);1-2H3. The molecular weight excluding hydrogens is 438 g/mol. The number of rotatable bonds is 8. The smallest absolute Gasteiger partial charge is 0.254 e. The van der Waals surface area contributed by atoms with E-state index in [1.807, 2.05) is 42.0 Å². The average Bonchev–Trinajstić information content (AvgIpc) is 2.89. The molecule has 1 aromatic carbocycles. The molecule has 2 amide bonds. The van der Waals surface area contributed by atoms with Crippen LogP contribution >= 0.6 is 0 Å². The molecule has 3 N–H and O–H groups in total. The number of unbranched alkanes of at least 4 members (excludes halogenated alkanes) is 1. The lowest BCUT2D eigenvalue weighted by atomic mass is 9.99. The lowest BCUT2D eigenvalue weighted by Gasteiger charge is -2.32. The summed E-state index contributed by atoms with van der Waals surface area (Å²) in [5, 5.41) is 3.48. The van der Waals surface area contributed by atoms with Gasteiger partial charge in [0.1, 0.15) is 5.82 Å². The third-order valence-corrected chi connectivity index (χ3v) is 6.91. The Morgan fingerprint density at radius 3 is 2.51 bits per heavy atom. The zero-order chi connectivity index (χ0) is 25.2. The molecule has 1 aromatic heterocycles. The molecule has 0 aliphatic carbocycles. The molecule has 7 nitrogen and oxygen atoms in total. The predicted molar refractivity (Wildman–Crippen MR) is 141 cm³/mol. The number of aryl methyl sites for hydroxylation is 1. The van der Waals surface area contributed by atoms with E-state index in [9.17, 15) is 9.59 Å². The van der Waals surface area contributed by atoms with Crippen LogP contribution in [0.25, 0.3) is 0 Å². The normalized spacial score (nSPS) is 15.8. The van der Waals surface area contributed by atoms with E-state index in [1.165, 1.54) is 11.1 Å². The molecule has 1 saturated heterocycles. The van der Waals surface area contributed by atoms with Crippen molar-refractivity contribution in [3.05, 3.63) is 58.8 Å². The van der Waals surface area contributed by atoms with Gasteiger partial charge in [0.2, 0.25) is 5.91 Å². The van der Waals surface area contributed by atoms with Crippen molar-refractivity contribution in [3.8, 4) is 0 Å². The van der Waals surface area contributed by atoms with Crippen molar-refractivity contribution in [1.82, 2.24) is 14.8 Å². The van der Waals surface area contributed by atoms with E-state index < -0.39 is 0 Å². The average molecular weight is 480 g/mol. The minimum Gasteiger partial charge on any atom is -0.367 e.